The third kappa shape index (κ3) is 3.72. The fourth-order valence-electron chi connectivity index (χ4n) is 2.70. The summed E-state index contributed by atoms with van der Waals surface area (Å²) in [6.45, 7) is 0.287. The summed E-state index contributed by atoms with van der Waals surface area (Å²) in [5.41, 5.74) is 1.58. The monoisotopic (exact) mass is 354 g/mol. The number of aromatic amines is 1. The van der Waals surface area contributed by atoms with Crippen LogP contribution < -0.4 is 10.0 Å². The number of benzene rings is 1. The van der Waals surface area contributed by atoms with Gasteiger partial charge in [0.15, 0.2) is 5.82 Å². The minimum absolute atomic E-state index is 0.149. The van der Waals surface area contributed by atoms with Crippen molar-refractivity contribution in [2.45, 2.75) is 6.42 Å². The Balaban J connectivity index is 1.79. The smallest absolute Gasteiger partial charge is 0.228 e. The van der Waals surface area contributed by atoms with Crippen molar-refractivity contribution in [2.75, 3.05) is 17.2 Å². The maximum Gasteiger partial charge on any atom is 0.228 e. The lowest BCUT2D eigenvalue weighted by atomic mass is 10.1. The number of primary sulfonamides is 1. The van der Waals surface area contributed by atoms with Gasteiger partial charge in [-0.1, -0.05) is 23.7 Å². The van der Waals surface area contributed by atoms with Crippen LogP contribution in [0.4, 0.5) is 5.82 Å². The predicted molar refractivity (Wildman–Crippen MR) is 87.5 cm³/mol. The van der Waals surface area contributed by atoms with Gasteiger partial charge in [0.05, 0.1) is 11.4 Å². The first kappa shape index (κ1) is 16.0. The third-order valence-electron chi connectivity index (χ3n) is 3.65. The number of carbonyl (C=O) groups excluding carboxylic acids is 1. The summed E-state index contributed by atoms with van der Waals surface area (Å²) in [6.07, 6.45) is 0.149. The minimum Gasteiger partial charge on any atom is -0.295 e. The van der Waals surface area contributed by atoms with Crippen molar-refractivity contribution in [3.05, 3.63) is 35.4 Å². The highest BCUT2D eigenvalue weighted by Crippen LogP contribution is 2.28. The zero-order valence-electron chi connectivity index (χ0n) is 12.1. The molecule has 1 atom stereocenters. The summed E-state index contributed by atoms with van der Waals surface area (Å²) in [6, 6.07) is 8.99. The first-order chi connectivity index (χ1) is 10.8. The third-order valence-corrected chi connectivity index (χ3v) is 4.82. The molecule has 1 unspecified atom stereocenters. The summed E-state index contributed by atoms with van der Waals surface area (Å²) in [4.78, 5) is 13.6. The van der Waals surface area contributed by atoms with Gasteiger partial charge in [-0.15, -0.1) is 0 Å². The molecule has 3 N–H and O–H groups in total. The Morgan fingerprint density at radius 3 is 2.87 bits per heavy atom. The molecule has 0 spiro atoms. The Labute approximate surface area is 138 Å². The number of nitrogens with zero attached hydrogens (tertiary/aromatic N) is 2. The van der Waals surface area contributed by atoms with Crippen LogP contribution in [0.3, 0.4) is 0 Å². The number of amides is 1. The van der Waals surface area contributed by atoms with Crippen LogP contribution in [0.1, 0.15) is 6.42 Å². The fourth-order valence-corrected chi connectivity index (χ4v) is 3.77. The minimum atomic E-state index is -3.60. The Bertz CT molecular complexity index is 849. The topological polar surface area (TPSA) is 109 Å². The summed E-state index contributed by atoms with van der Waals surface area (Å²) < 4.78 is 22.3. The number of carbonyl (C=O) groups is 1. The second-order valence-electron chi connectivity index (χ2n) is 5.55. The molecule has 3 rings (SSSR count). The van der Waals surface area contributed by atoms with Crippen LogP contribution in [0.15, 0.2) is 30.3 Å². The van der Waals surface area contributed by atoms with E-state index in [9.17, 15) is 13.2 Å². The molecule has 7 nitrogen and oxygen atoms in total. The Morgan fingerprint density at radius 2 is 2.17 bits per heavy atom. The molecular formula is C14H15ClN4O3S. The van der Waals surface area contributed by atoms with Crippen molar-refractivity contribution < 1.29 is 13.2 Å². The lowest BCUT2D eigenvalue weighted by Gasteiger charge is -2.12. The number of sulfonamides is 1. The molecule has 0 aliphatic carbocycles. The van der Waals surface area contributed by atoms with Gasteiger partial charge >= 0.3 is 0 Å². The molecule has 0 bridgehead atoms. The van der Waals surface area contributed by atoms with E-state index >= 15 is 0 Å². The fraction of sp³-hybridized carbons (Fsp3) is 0.286. The van der Waals surface area contributed by atoms with Crippen molar-refractivity contribution in [2.24, 2.45) is 11.1 Å². The van der Waals surface area contributed by atoms with Crippen molar-refractivity contribution in [1.82, 2.24) is 10.2 Å². The van der Waals surface area contributed by atoms with Gasteiger partial charge in [-0.25, -0.2) is 13.6 Å². The van der Waals surface area contributed by atoms with E-state index < -0.39 is 10.0 Å². The number of rotatable bonds is 4. The summed E-state index contributed by atoms with van der Waals surface area (Å²) in [5, 5.41) is 12.7. The molecule has 1 aromatic carbocycles. The number of H-pyrrole nitrogens is 1. The molecule has 23 heavy (non-hydrogen) atoms. The summed E-state index contributed by atoms with van der Waals surface area (Å²) >= 11 is 5.96. The van der Waals surface area contributed by atoms with Gasteiger partial charge < -0.3 is 0 Å². The standard InChI is InChI=1S/C14H15ClN4O3S/c15-11-3-1-2-10(5-11)12-6-13(18-17-12)19-7-9(4-14(19)20)8-23(16,21)22/h1-3,5-6,9H,4,7-8H2,(H,17,18)(H2,16,21,22). The number of nitrogens with one attached hydrogen (secondary N) is 1. The number of nitrogens with two attached hydrogens (primary N) is 1. The second kappa shape index (κ2) is 5.95. The van der Waals surface area contributed by atoms with E-state index in [0.717, 1.165) is 11.3 Å². The van der Waals surface area contributed by atoms with Crippen LogP contribution in [-0.4, -0.2) is 36.8 Å². The van der Waals surface area contributed by atoms with Crippen molar-refractivity contribution in [3.63, 3.8) is 0 Å². The lowest BCUT2D eigenvalue weighted by molar-refractivity contribution is -0.117. The van der Waals surface area contributed by atoms with Crippen molar-refractivity contribution in [1.29, 1.82) is 0 Å². The molecule has 0 radical (unpaired) electrons. The summed E-state index contributed by atoms with van der Waals surface area (Å²) in [7, 11) is -3.60. The van der Waals surface area contributed by atoms with E-state index in [0.29, 0.717) is 10.8 Å². The second-order valence-corrected chi connectivity index (χ2v) is 7.65. The van der Waals surface area contributed by atoms with E-state index in [2.05, 4.69) is 10.2 Å². The molecule has 1 aliphatic heterocycles. The Kier molecular flexibility index (Phi) is 4.13. The number of hydrogen-bond donors (Lipinski definition) is 2. The molecule has 1 saturated heterocycles. The van der Waals surface area contributed by atoms with E-state index in [1.54, 1.807) is 18.2 Å². The van der Waals surface area contributed by atoms with E-state index in [-0.39, 0.29) is 30.5 Å². The van der Waals surface area contributed by atoms with Gasteiger partial charge in [0.2, 0.25) is 15.9 Å². The summed E-state index contributed by atoms with van der Waals surface area (Å²) in [5.74, 6) is -0.227. The normalized spacial score (nSPS) is 18.6. The molecule has 122 valence electrons. The maximum absolute atomic E-state index is 12.1. The molecule has 2 heterocycles. The quantitative estimate of drug-likeness (QED) is 0.864. The van der Waals surface area contributed by atoms with Gasteiger partial charge in [-0.3, -0.25) is 14.8 Å². The molecule has 1 amide bonds. The van der Waals surface area contributed by atoms with Crippen molar-refractivity contribution >= 4 is 33.3 Å². The molecular weight excluding hydrogens is 340 g/mol. The number of aromatic nitrogens is 2. The zero-order chi connectivity index (χ0) is 16.6. The average Bonchev–Trinajstić information content (AvgIpc) is 3.03. The highest BCUT2D eigenvalue weighted by molar-refractivity contribution is 7.89. The number of hydrogen-bond acceptors (Lipinski definition) is 4. The van der Waals surface area contributed by atoms with Gasteiger partial charge in [-0.05, 0) is 12.1 Å². The first-order valence-electron chi connectivity index (χ1n) is 6.94. The maximum atomic E-state index is 12.1. The van der Waals surface area contributed by atoms with E-state index in [1.165, 1.54) is 4.90 Å². The van der Waals surface area contributed by atoms with Crippen molar-refractivity contribution in [3.8, 4) is 11.3 Å². The Morgan fingerprint density at radius 1 is 1.39 bits per heavy atom. The van der Waals surface area contributed by atoms with Crippen LogP contribution in [-0.2, 0) is 14.8 Å². The van der Waals surface area contributed by atoms with Crippen LogP contribution in [0.2, 0.25) is 5.02 Å². The zero-order valence-corrected chi connectivity index (χ0v) is 13.6. The molecule has 9 heteroatoms. The van der Waals surface area contributed by atoms with Crippen LogP contribution >= 0.6 is 11.6 Å². The van der Waals surface area contributed by atoms with Crippen LogP contribution in [0.25, 0.3) is 11.3 Å². The number of halogens is 1. The van der Waals surface area contributed by atoms with Gasteiger partial charge in [0, 0.05) is 35.5 Å². The number of anilines is 1. The first-order valence-corrected chi connectivity index (χ1v) is 9.03. The SMILES string of the molecule is NS(=O)(=O)CC1CC(=O)N(c2cc(-c3cccc(Cl)c3)[nH]n2)C1. The van der Waals surface area contributed by atoms with Crippen LogP contribution in [0.5, 0.6) is 0 Å². The van der Waals surface area contributed by atoms with Gasteiger partial charge in [0.25, 0.3) is 0 Å². The molecule has 0 saturated carbocycles. The molecule has 1 aromatic heterocycles. The molecule has 1 aliphatic rings. The highest BCUT2D eigenvalue weighted by atomic mass is 35.5. The van der Waals surface area contributed by atoms with E-state index in [4.69, 9.17) is 16.7 Å². The highest BCUT2D eigenvalue weighted by Gasteiger charge is 2.34. The molecule has 2 aromatic rings. The molecule has 1 fully saturated rings. The van der Waals surface area contributed by atoms with Crippen LogP contribution in [0, 0.1) is 5.92 Å². The van der Waals surface area contributed by atoms with Gasteiger partial charge in [0.1, 0.15) is 0 Å². The lowest BCUT2D eigenvalue weighted by Crippen LogP contribution is -2.27. The largest absolute Gasteiger partial charge is 0.295 e. The average molecular weight is 355 g/mol. The van der Waals surface area contributed by atoms with Gasteiger partial charge in [-0.2, -0.15) is 5.10 Å². The Hall–Kier alpha value is -1.90. The predicted octanol–water partition coefficient (Wildman–Crippen LogP) is 1.37. The van der Waals surface area contributed by atoms with E-state index in [1.807, 2.05) is 12.1 Å².